The van der Waals surface area contributed by atoms with E-state index in [0.29, 0.717) is 5.11 Å². The Morgan fingerprint density at radius 1 is 0.955 bits per heavy atom. The second-order valence-corrected chi connectivity index (χ2v) is 5.92. The summed E-state index contributed by atoms with van der Waals surface area (Å²) in [6.45, 7) is 0. The molecular formula is C18H19N3S. The molecule has 3 nitrogen and oxygen atoms in total. The first-order chi connectivity index (χ1) is 10.6. The maximum Gasteiger partial charge on any atom is 0.171 e. The Morgan fingerprint density at radius 2 is 1.64 bits per heavy atom. The van der Waals surface area contributed by atoms with Crippen LogP contribution in [0.25, 0.3) is 5.70 Å². The van der Waals surface area contributed by atoms with E-state index in [9.17, 15) is 0 Å². The Morgan fingerprint density at radius 3 is 2.27 bits per heavy atom. The second-order valence-electron chi connectivity index (χ2n) is 5.51. The molecule has 0 radical (unpaired) electrons. The summed E-state index contributed by atoms with van der Waals surface area (Å²) >= 11 is 5.36. The third-order valence-electron chi connectivity index (χ3n) is 3.72. The van der Waals surface area contributed by atoms with E-state index in [0.717, 1.165) is 11.3 Å². The predicted molar refractivity (Wildman–Crippen MR) is 96.8 cm³/mol. The number of hydrogen-bond donors (Lipinski definition) is 2. The van der Waals surface area contributed by atoms with Crippen molar-refractivity contribution in [3.63, 3.8) is 0 Å². The van der Waals surface area contributed by atoms with E-state index in [1.54, 1.807) is 0 Å². The van der Waals surface area contributed by atoms with E-state index < -0.39 is 0 Å². The van der Waals surface area contributed by atoms with Crippen molar-refractivity contribution >= 4 is 28.7 Å². The Labute approximate surface area is 136 Å². The molecule has 112 valence electrons. The highest BCUT2D eigenvalue weighted by molar-refractivity contribution is 7.80. The van der Waals surface area contributed by atoms with Crippen LogP contribution in [-0.2, 0) is 0 Å². The van der Waals surface area contributed by atoms with Gasteiger partial charge in [-0.1, -0.05) is 42.5 Å². The minimum atomic E-state index is 0.0835. The first kappa shape index (κ1) is 14.6. The molecule has 2 aromatic carbocycles. The van der Waals surface area contributed by atoms with Gasteiger partial charge in [-0.3, -0.25) is 0 Å². The van der Waals surface area contributed by atoms with Gasteiger partial charge in [0.25, 0.3) is 0 Å². The first-order valence-corrected chi connectivity index (χ1v) is 7.66. The van der Waals surface area contributed by atoms with E-state index in [1.807, 2.05) is 32.3 Å². The Kier molecular flexibility index (Phi) is 4.11. The van der Waals surface area contributed by atoms with E-state index in [4.69, 9.17) is 12.2 Å². The summed E-state index contributed by atoms with van der Waals surface area (Å²) in [5, 5.41) is 7.20. The molecule has 0 bridgehead atoms. The van der Waals surface area contributed by atoms with Crippen LogP contribution in [0.2, 0.25) is 0 Å². The van der Waals surface area contributed by atoms with Gasteiger partial charge in [-0.2, -0.15) is 0 Å². The fourth-order valence-electron chi connectivity index (χ4n) is 2.50. The second kappa shape index (κ2) is 6.20. The molecule has 4 heteroatoms. The molecule has 2 aromatic rings. The molecule has 0 saturated carbocycles. The highest BCUT2D eigenvalue weighted by atomic mass is 32.1. The van der Waals surface area contributed by atoms with Crippen LogP contribution in [-0.4, -0.2) is 19.2 Å². The maximum atomic E-state index is 5.36. The summed E-state index contributed by atoms with van der Waals surface area (Å²) in [6.07, 6.45) is 2.18. The minimum absolute atomic E-state index is 0.0835. The van der Waals surface area contributed by atoms with Crippen molar-refractivity contribution in [1.29, 1.82) is 0 Å². The molecule has 3 rings (SSSR count). The molecule has 2 N–H and O–H groups in total. The van der Waals surface area contributed by atoms with Crippen LogP contribution >= 0.6 is 12.2 Å². The number of hydrogen-bond acceptors (Lipinski definition) is 2. The molecule has 0 unspecified atom stereocenters. The Hall–Kier alpha value is -2.33. The zero-order chi connectivity index (χ0) is 15.5. The van der Waals surface area contributed by atoms with Crippen molar-refractivity contribution in [1.82, 2.24) is 10.6 Å². The van der Waals surface area contributed by atoms with E-state index >= 15 is 0 Å². The van der Waals surface area contributed by atoms with Crippen molar-refractivity contribution in [2.75, 3.05) is 19.0 Å². The van der Waals surface area contributed by atoms with Gasteiger partial charge in [-0.25, -0.2) is 0 Å². The summed E-state index contributed by atoms with van der Waals surface area (Å²) in [5.74, 6) is 0. The summed E-state index contributed by atoms with van der Waals surface area (Å²) in [5.41, 5.74) is 4.57. The smallest absolute Gasteiger partial charge is 0.171 e. The maximum absolute atomic E-state index is 5.36. The van der Waals surface area contributed by atoms with Gasteiger partial charge in [0, 0.05) is 25.5 Å². The predicted octanol–water partition coefficient (Wildman–Crippen LogP) is 3.31. The molecule has 0 aliphatic carbocycles. The Balaban J connectivity index is 1.91. The van der Waals surface area contributed by atoms with Crippen molar-refractivity contribution in [2.24, 2.45) is 0 Å². The zero-order valence-corrected chi connectivity index (χ0v) is 13.5. The van der Waals surface area contributed by atoms with E-state index in [2.05, 4.69) is 58.0 Å². The number of anilines is 1. The SMILES string of the molecule is CN(C)c1ccc([C@@H]2C=C(c3ccccc3)NC(=S)N2)cc1. The molecular weight excluding hydrogens is 290 g/mol. The molecule has 0 fully saturated rings. The lowest BCUT2D eigenvalue weighted by atomic mass is 10.0. The van der Waals surface area contributed by atoms with Gasteiger partial charge in [0.05, 0.1) is 6.04 Å². The third kappa shape index (κ3) is 3.12. The molecule has 1 atom stereocenters. The Bertz CT molecular complexity index is 690. The number of nitrogens with one attached hydrogen (secondary N) is 2. The molecule has 0 aromatic heterocycles. The average Bonchev–Trinajstić information content (AvgIpc) is 2.55. The highest BCUT2D eigenvalue weighted by Gasteiger charge is 2.18. The summed E-state index contributed by atoms with van der Waals surface area (Å²) in [6, 6.07) is 18.9. The van der Waals surface area contributed by atoms with Crippen molar-refractivity contribution in [3.05, 3.63) is 71.8 Å². The van der Waals surface area contributed by atoms with Crippen LogP contribution in [0.4, 0.5) is 5.69 Å². The van der Waals surface area contributed by atoms with Gasteiger partial charge < -0.3 is 15.5 Å². The van der Waals surface area contributed by atoms with Gasteiger partial charge in [-0.05, 0) is 41.6 Å². The molecule has 1 aliphatic heterocycles. The largest absolute Gasteiger partial charge is 0.378 e. The van der Waals surface area contributed by atoms with Crippen molar-refractivity contribution in [3.8, 4) is 0 Å². The van der Waals surface area contributed by atoms with Crippen LogP contribution in [0.3, 0.4) is 0 Å². The number of benzene rings is 2. The lowest BCUT2D eigenvalue weighted by Crippen LogP contribution is -2.40. The fourth-order valence-corrected chi connectivity index (χ4v) is 2.73. The molecule has 0 saturated heterocycles. The van der Waals surface area contributed by atoms with Gasteiger partial charge >= 0.3 is 0 Å². The standard InChI is InChI=1S/C18H19N3S/c1-21(2)15-10-8-14(9-11-15)17-12-16(19-18(22)20-17)13-6-4-3-5-7-13/h3-12,17H,1-2H3,(H2,19,20,22)/t17-/m0/s1. The minimum Gasteiger partial charge on any atom is -0.378 e. The van der Waals surface area contributed by atoms with Crippen LogP contribution in [0, 0.1) is 0 Å². The number of nitrogens with zero attached hydrogens (tertiary/aromatic N) is 1. The molecule has 22 heavy (non-hydrogen) atoms. The number of rotatable bonds is 3. The van der Waals surface area contributed by atoms with E-state index in [-0.39, 0.29) is 6.04 Å². The third-order valence-corrected chi connectivity index (χ3v) is 3.94. The average molecular weight is 309 g/mol. The van der Waals surface area contributed by atoms with Gasteiger partial charge in [0.15, 0.2) is 5.11 Å². The lowest BCUT2D eigenvalue weighted by Gasteiger charge is -2.26. The van der Waals surface area contributed by atoms with Gasteiger partial charge in [0.2, 0.25) is 0 Å². The van der Waals surface area contributed by atoms with E-state index in [1.165, 1.54) is 11.3 Å². The van der Waals surface area contributed by atoms with Crippen molar-refractivity contribution < 1.29 is 0 Å². The molecule has 0 spiro atoms. The van der Waals surface area contributed by atoms with Crippen LogP contribution < -0.4 is 15.5 Å². The highest BCUT2D eigenvalue weighted by Crippen LogP contribution is 2.24. The topological polar surface area (TPSA) is 27.3 Å². The molecule has 0 amide bonds. The van der Waals surface area contributed by atoms with Crippen molar-refractivity contribution in [2.45, 2.75) is 6.04 Å². The first-order valence-electron chi connectivity index (χ1n) is 7.25. The van der Waals surface area contributed by atoms with Crippen LogP contribution in [0.5, 0.6) is 0 Å². The fraction of sp³-hybridized carbons (Fsp3) is 0.167. The lowest BCUT2D eigenvalue weighted by molar-refractivity contribution is 0.765. The van der Waals surface area contributed by atoms with Gasteiger partial charge in [-0.15, -0.1) is 0 Å². The molecule has 1 heterocycles. The van der Waals surface area contributed by atoms with Gasteiger partial charge in [0.1, 0.15) is 0 Å². The van der Waals surface area contributed by atoms with Crippen LogP contribution in [0.15, 0.2) is 60.7 Å². The summed E-state index contributed by atoms with van der Waals surface area (Å²) < 4.78 is 0. The normalized spacial score (nSPS) is 17.3. The zero-order valence-electron chi connectivity index (χ0n) is 12.7. The monoisotopic (exact) mass is 309 g/mol. The summed E-state index contributed by atoms with van der Waals surface area (Å²) in [4.78, 5) is 2.09. The van der Waals surface area contributed by atoms with Crippen LogP contribution in [0.1, 0.15) is 17.2 Å². The molecule has 1 aliphatic rings. The quantitative estimate of drug-likeness (QED) is 0.851. The summed E-state index contributed by atoms with van der Waals surface area (Å²) in [7, 11) is 4.08. The number of thiocarbonyl (C=S) groups is 1.